The summed E-state index contributed by atoms with van der Waals surface area (Å²) >= 11 is 0. The van der Waals surface area contributed by atoms with Gasteiger partial charge in [0.2, 0.25) is 0 Å². The van der Waals surface area contributed by atoms with Crippen molar-refractivity contribution in [2.45, 2.75) is 115 Å². The first kappa shape index (κ1) is 43.1. The average molecular weight is 909 g/mol. The van der Waals surface area contributed by atoms with E-state index in [0.29, 0.717) is 11.8 Å². The summed E-state index contributed by atoms with van der Waals surface area (Å²) in [5.74, 6) is 1.02. The Balaban J connectivity index is 1.03. The molecule has 4 aliphatic carbocycles. The molecule has 2 heteroatoms. The number of para-hydroxylation sites is 2. The Labute approximate surface area is 415 Å². The molecule has 0 heterocycles. The van der Waals surface area contributed by atoms with Crippen molar-refractivity contribution in [3.63, 3.8) is 0 Å². The molecule has 2 nitrogen and oxygen atoms in total. The molecule has 4 aliphatic rings. The van der Waals surface area contributed by atoms with Crippen LogP contribution < -0.4 is 9.80 Å². The van der Waals surface area contributed by atoms with Crippen LogP contribution in [0.25, 0.3) is 43.8 Å². The number of benzene rings is 9. The lowest BCUT2D eigenvalue weighted by atomic mass is 9.74. The van der Waals surface area contributed by atoms with Gasteiger partial charge in [-0.2, -0.15) is 0 Å². The zero-order valence-corrected chi connectivity index (χ0v) is 41.4. The number of hydrogen-bond acceptors (Lipinski definition) is 2. The van der Waals surface area contributed by atoms with Gasteiger partial charge in [-0.25, -0.2) is 0 Å². The third-order valence-corrected chi connectivity index (χ3v) is 17.4. The van der Waals surface area contributed by atoms with Crippen LogP contribution in [0, 0.1) is 0 Å². The van der Waals surface area contributed by atoms with Crippen LogP contribution in [0.2, 0.25) is 0 Å². The molecule has 0 atom stereocenters. The predicted molar refractivity (Wildman–Crippen MR) is 298 cm³/mol. The molecule has 346 valence electrons. The highest BCUT2D eigenvalue weighted by atomic mass is 15.1. The van der Waals surface area contributed by atoms with Gasteiger partial charge in [0.25, 0.3) is 0 Å². The molecule has 0 bridgehead atoms. The lowest BCUT2D eigenvalue weighted by molar-refractivity contribution is 0.445. The number of nitrogens with zero attached hydrogens (tertiary/aromatic N) is 2. The quantitative estimate of drug-likeness (QED) is 0.140. The Hall–Kier alpha value is -6.90. The van der Waals surface area contributed by atoms with E-state index in [4.69, 9.17) is 0 Å². The molecule has 2 fully saturated rings. The van der Waals surface area contributed by atoms with E-state index in [1.54, 1.807) is 11.1 Å². The molecule has 0 saturated heterocycles. The monoisotopic (exact) mass is 909 g/mol. The van der Waals surface area contributed by atoms with Crippen LogP contribution in [0.15, 0.2) is 182 Å². The van der Waals surface area contributed by atoms with Crippen molar-refractivity contribution in [2.75, 3.05) is 9.80 Å². The fraction of sp³-hybridized carbons (Fsp3) is 0.265. The van der Waals surface area contributed by atoms with Gasteiger partial charge in [-0.15, -0.1) is 0 Å². The van der Waals surface area contributed by atoms with Crippen molar-refractivity contribution in [1.82, 2.24) is 0 Å². The molecule has 0 aromatic heterocycles. The van der Waals surface area contributed by atoms with E-state index in [2.05, 4.69) is 219 Å². The first-order chi connectivity index (χ1) is 34.3. The van der Waals surface area contributed by atoms with Gasteiger partial charge in [0.15, 0.2) is 0 Å². The first-order valence-electron chi connectivity index (χ1n) is 26.5. The third-order valence-electron chi connectivity index (χ3n) is 17.4. The van der Waals surface area contributed by atoms with Gasteiger partial charge in [0.05, 0.1) is 0 Å². The molecule has 0 radical (unpaired) electrons. The van der Waals surface area contributed by atoms with Crippen LogP contribution in [0.4, 0.5) is 34.1 Å². The van der Waals surface area contributed by atoms with Crippen LogP contribution >= 0.6 is 0 Å². The minimum atomic E-state index is -0.0897. The van der Waals surface area contributed by atoms with Gasteiger partial charge in [-0.05, 0) is 187 Å². The lowest BCUT2D eigenvalue weighted by Crippen LogP contribution is -2.17. The Morgan fingerprint density at radius 3 is 1.06 bits per heavy atom. The molecule has 2 saturated carbocycles. The third kappa shape index (κ3) is 6.88. The van der Waals surface area contributed by atoms with E-state index < -0.39 is 0 Å². The van der Waals surface area contributed by atoms with E-state index in [1.165, 1.54) is 164 Å². The highest BCUT2D eigenvalue weighted by Crippen LogP contribution is 2.54. The number of hydrogen-bond donors (Lipinski definition) is 0. The molecule has 70 heavy (non-hydrogen) atoms. The summed E-state index contributed by atoms with van der Waals surface area (Å²) in [6.45, 7) is 9.59. The molecule has 0 unspecified atom stereocenters. The summed E-state index contributed by atoms with van der Waals surface area (Å²) in [5.41, 5.74) is 21.3. The van der Waals surface area contributed by atoms with Crippen LogP contribution in [-0.2, 0) is 10.8 Å². The van der Waals surface area contributed by atoms with Gasteiger partial charge < -0.3 is 9.80 Å². The maximum Gasteiger partial charge on any atom is 0.0468 e. The smallest absolute Gasteiger partial charge is 0.0468 e. The van der Waals surface area contributed by atoms with Crippen LogP contribution in [0.3, 0.4) is 0 Å². The van der Waals surface area contributed by atoms with Crippen LogP contribution in [0.5, 0.6) is 0 Å². The van der Waals surface area contributed by atoms with E-state index in [1.807, 2.05) is 0 Å². The molecule has 0 amide bonds. The van der Waals surface area contributed by atoms with E-state index >= 15 is 0 Å². The molecule has 13 rings (SSSR count). The SMILES string of the molecule is CC1(C)c2ccccc2-c2ccc(N(c3ccccc3)c3ccc4c(C5CCCCC5)c5cc(N(c6ccccc6)c6ccc7c(c6)C(C)(C)c6ccccc6-7)ccc5c(C5CCCCC5)c4c3)cc21. The lowest BCUT2D eigenvalue weighted by Gasteiger charge is -2.33. The molecular formula is C68H64N2. The zero-order chi connectivity index (χ0) is 47.1. The van der Waals surface area contributed by atoms with Crippen LogP contribution in [0.1, 0.15) is 137 Å². The summed E-state index contributed by atoms with van der Waals surface area (Å²) in [5, 5.41) is 5.84. The normalized spacial score (nSPS) is 17.0. The maximum absolute atomic E-state index is 2.61. The second-order valence-electron chi connectivity index (χ2n) is 22.1. The highest BCUT2D eigenvalue weighted by molar-refractivity contribution is 6.09. The first-order valence-corrected chi connectivity index (χ1v) is 26.5. The Morgan fingerprint density at radius 2 is 0.643 bits per heavy atom. The maximum atomic E-state index is 2.61. The summed E-state index contributed by atoms with van der Waals surface area (Å²) in [6.07, 6.45) is 12.8. The molecule has 0 spiro atoms. The van der Waals surface area contributed by atoms with Crippen molar-refractivity contribution in [3.05, 3.63) is 215 Å². The minimum absolute atomic E-state index is 0.0897. The van der Waals surface area contributed by atoms with Crippen molar-refractivity contribution in [3.8, 4) is 22.3 Å². The van der Waals surface area contributed by atoms with Gasteiger partial charge in [0.1, 0.15) is 0 Å². The van der Waals surface area contributed by atoms with Gasteiger partial charge in [-0.1, -0.05) is 175 Å². The van der Waals surface area contributed by atoms with E-state index in [-0.39, 0.29) is 10.8 Å². The second-order valence-corrected chi connectivity index (χ2v) is 22.1. The molecule has 9 aromatic rings. The van der Waals surface area contributed by atoms with E-state index in [9.17, 15) is 0 Å². The molecule has 0 N–H and O–H groups in total. The average Bonchev–Trinajstić information content (AvgIpc) is 3.78. The standard InChI is InChI=1S/C68H64N2/c1-67(2)61-31-19-17-29-53(61)55-37-33-51(43-63(55)67)69(47-25-13-7-14-26-47)49-35-39-57-59(41-49)65(45-21-9-5-10-22-45)58-40-36-50(42-60(58)66(57)46-23-11-6-12-24-46)70(48-27-15-8-16-28-48)52-34-38-56-54-30-18-20-32-62(54)68(3,4)64(56)44-52/h7-8,13-20,25-46H,5-6,9-12,21-24H2,1-4H3. The summed E-state index contributed by atoms with van der Waals surface area (Å²) in [7, 11) is 0. The van der Waals surface area contributed by atoms with Gasteiger partial charge in [-0.3, -0.25) is 0 Å². The highest BCUT2D eigenvalue weighted by Gasteiger charge is 2.38. The minimum Gasteiger partial charge on any atom is -0.310 e. The summed E-state index contributed by atoms with van der Waals surface area (Å²) in [6, 6.07) is 69.9. The number of rotatable bonds is 8. The number of fused-ring (bicyclic) bond motifs is 8. The Kier molecular flexibility index (Phi) is 10.4. The fourth-order valence-electron chi connectivity index (χ4n) is 13.9. The van der Waals surface area contributed by atoms with Crippen molar-refractivity contribution in [2.24, 2.45) is 0 Å². The molecule has 9 aromatic carbocycles. The second kappa shape index (κ2) is 16.9. The zero-order valence-electron chi connectivity index (χ0n) is 41.4. The topological polar surface area (TPSA) is 6.48 Å². The van der Waals surface area contributed by atoms with Crippen molar-refractivity contribution >= 4 is 55.7 Å². The Morgan fingerprint density at radius 1 is 0.300 bits per heavy atom. The summed E-state index contributed by atoms with van der Waals surface area (Å²) in [4.78, 5) is 5.07. The largest absolute Gasteiger partial charge is 0.310 e. The fourth-order valence-corrected chi connectivity index (χ4v) is 13.9. The van der Waals surface area contributed by atoms with Crippen molar-refractivity contribution in [1.29, 1.82) is 0 Å². The van der Waals surface area contributed by atoms with Gasteiger partial charge in [0, 0.05) is 45.0 Å². The molecule has 0 aliphatic heterocycles. The van der Waals surface area contributed by atoms with Gasteiger partial charge >= 0.3 is 0 Å². The van der Waals surface area contributed by atoms with Crippen LogP contribution in [-0.4, -0.2) is 0 Å². The molecular weight excluding hydrogens is 845 g/mol. The summed E-state index contributed by atoms with van der Waals surface area (Å²) < 4.78 is 0. The Bertz CT molecular complexity index is 3230. The van der Waals surface area contributed by atoms with Crippen molar-refractivity contribution < 1.29 is 0 Å². The number of anilines is 6. The predicted octanol–water partition coefficient (Wildman–Crippen LogP) is 19.6. The van der Waals surface area contributed by atoms with E-state index in [0.717, 1.165) is 0 Å².